The van der Waals surface area contributed by atoms with Crippen molar-refractivity contribution in [3.63, 3.8) is 0 Å². The third-order valence-electron chi connectivity index (χ3n) is 5.35. The van der Waals surface area contributed by atoms with Gasteiger partial charge < -0.3 is 9.84 Å². The maximum absolute atomic E-state index is 13.2. The Kier molecular flexibility index (Phi) is 6.96. The Bertz CT molecular complexity index is 1300. The zero-order valence-electron chi connectivity index (χ0n) is 19.8. The summed E-state index contributed by atoms with van der Waals surface area (Å²) in [6.07, 6.45) is 0.824. The number of phenolic OH excluding ortho intramolecular Hbond substituents is 1. The minimum Gasteiger partial charge on any atom is -0.507 e. The van der Waals surface area contributed by atoms with Crippen LogP contribution in [-0.2, 0) is 0 Å². The molecule has 0 fully saturated rings. The van der Waals surface area contributed by atoms with Gasteiger partial charge in [-0.15, -0.1) is 0 Å². The summed E-state index contributed by atoms with van der Waals surface area (Å²) in [4.78, 5) is 39.3. The molecule has 0 saturated carbocycles. The molecule has 0 radical (unpaired) electrons. The van der Waals surface area contributed by atoms with Crippen molar-refractivity contribution in [3.8, 4) is 22.9 Å². The first-order valence-corrected chi connectivity index (χ1v) is 11.3. The average molecular weight is 468 g/mol. The van der Waals surface area contributed by atoms with E-state index in [0.717, 1.165) is 17.5 Å². The van der Waals surface area contributed by atoms with Gasteiger partial charge >= 0.3 is 0 Å². The Balaban J connectivity index is 1.81. The summed E-state index contributed by atoms with van der Waals surface area (Å²) in [6, 6.07) is 18.7. The second kappa shape index (κ2) is 10.3. The Morgan fingerprint density at radius 3 is 1.74 bits per heavy atom. The van der Waals surface area contributed by atoms with E-state index < -0.39 is 11.6 Å². The molecule has 0 aliphatic heterocycles. The smallest absolute Gasteiger partial charge is 0.230 e. The van der Waals surface area contributed by atoms with Gasteiger partial charge in [-0.3, -0.25) is 9.59 Å². The zero-order valence-corrected chi connectivity index (χ0v) is 19.8. The summed E-state index contributed by atoms with van der Waals surface area (Å²) in [6.45, 7) is 6.34. The van der Waals surface area contributed by atoms with E-state index in [4.69, 9.17) is 4.74 Å². The molecule has 1 N–H and O–H groups in total. The average Bonchev–Trinajstić information content (AvgIpc) is 2.87. The molecule has 1 aromatic heterocycles. The van der Waals surface area contributed by atoms with Gasteiger partial charge in [0.05, 0.1) is 12.2 Å². The molecule has 0 saturated heterocycles. The third-order valence-corrected chi connectivity index (χ3v) is 5.35. The van der Waals surface area contributed by atoms with Gasteiger partial charge in [-0.05, 0) is 32.4 Å². The number of carbonyl (C=O) groups excluding carboxylic acids is 2. The van der Waals surface area contributed by atoms with E-state index in [2.05, 4.69) is 15.0 Å². The first-order valence-electron chi connectivity index (χ1n) is 11.3. The number of carbonyl (C=O) groups is 2. The minimum atomic E-state index is -0.450. The molecular formula is C28H25N3O4. The van der Waals surface area contributed by atoms with E-state index in [1.807, 2.05) is 45.0 Å². The van der Waals surface area contributed by atoms with Crippen LogP contribution in [-0.4, -0.2) is 38.2 Å². The standard InChI is InChI=1S/C28H25N3O4/c1-4-15-35-21-13-14-22(23(32)16-21)26-29-27(24(33)19-9-5-17(2)6-10-19)31-28(30-26)25(34)20-11-7-18(3)8-12-20/h5-14,16,32H,4,15H2,1-3H3. The molecule has 0 atom stereocenters. The van der Waals surface area contributed by atoms with Crippen LogP contribution < -0.4 is 4.74 Å². The van der Waals surface area contributed by atoms with Crippen molar-refractivity contribution in [2.45, 2.75) is 27.2 Å². The van der Waals surface area contributed by atoms with E-state index >= 15 is 0 Å². The lowest BCUT2D eigenvalue weighted by molar-refractivity contribution is 0.102. The Labute approximate surface area is 203 Å². The van der Waals surface area contributed by atoms with Crippen molar-refractivity contribution in [1.29, 1.82) is 0 Å². The number of aromatic nitrogens is 3. The van der Waals surface area contributed by atoms with Crippen LogP contribution in [0.15, 0.2) is 66.7 Å². The lowest BCUT2D eigenvalue weighted by atomic mass is 10.1. The van der Waals surface area contributed by atoms with Crippen LogP contribution in [0.5, 0.6) is 11.5 Å². The lowest BCUT2D eigenvalue weighted by Gasteiger charge is -2.10. The molecule has 7 heteroatoms. The summed E-state index contributed by atoms with van der Waals surface area (Å²) in [7, 11) is 0. The van der Waals surface area contributed by atoms with Gasteiger partial charge in [0, 0.05) is 17.2 Å². The zero-order chi connectivity index (χ0) is 24.9. The van der Waals surface area contributed by atoms with Crippen LogP contribution in [0.1, 0.15) is 56.8 Å². The van der Waals surface area contributed by atoms with Crippen LogP contribution >= 0.6 is 0 Å². The second-order valence-corrected chi connectivity index (χ2v) is 8.22. The van der Waals surface area contributed by atoms with E-state index in [1.54, 1.807) is 36.4 Å². The molecule has 0 amide bonds. The monoisotopic (exact) mass is 467 g/mol. The largest absolute Gasteiger partial charge is 0.507 e. The van der Waals surface area contributed by atoms with Crippen LogP contribution in [0.3, 0.4) is 0 Å². The predicted octanol–water partition coefficient (Wildman–Crippen LogP) is 5.11. The maximum atomic E-state index is 13.2. The molecule has 0 spiro atoms. The summed E-state index contributed by atoms with van der Waals surface area (Å²) in [5, 5.41) is 10.6. The van der Waals surface area contributed by atoms with Gasteiger partial charge in [0.25, 0.3) is 0 Å². The van der Waals surface area contributed by atoms with E-state index in [1.165, 1.54) is 6.07 Å². The number of benzene rings is 3. The van der Waals surface area contributed by atoms with E-state index in [9.17, 15) is 14.7 Å². The van der Waals surface area contributed by atoms with E-state index in [0.29, 0.717) is 23.5 Å². The molecule has 176 valence electrons. The highest BCUT2D eigenvalue weighted by Gasteiger charge is 2.22. The highest BCUT2D eigenvalue weighted by molar-refractivity contribution is 6.09. The number of nitrogens with zero attached hydrogens (tertiary/aromatic N) is 3. The summed E-state index contributed by atoms with van der Waals surface area (Å²) in [5.74, 6) is -0.880. The van der Waals surface area contributed by atoms with Gasteiger partial charge in [-0.1, -0.05) is 66.6 Å². The fourth-order valence-corrected chi connectivity index (χ4v) is 3.38. The molecule has 3 aromatic carbocycles. The summed E-state index contributed by atoms with van der Waals surface area (Å²) < 4.78 is 5.56. The number of hydrogen-bond donors (Lipinski definition) is 1. The topological polar surface area (TPSA) is 102 Å². The maximum Gasteiger partial charge on any atom is 0.230 e. The third kappa shape index (κ3) is 5.41. The number of hydrogen-bond acceptors (Lipinski definition) is 7. The lowest BCUT2D eigenvalue weighted by Crippen LogP contribution is -2.16. The van der Waals surface area contributed by atoms with Crippen LogP contribution in [0.4, 0.5) is 0 Å². The number of phenols is 1. The minimum absolute atomic E-state index is 0.0189. The quantitative estimate of drug-likeness (QED) is 0.359. The molecule has 0 unspecified atom stereocenters. The first kappa shape index (κ1) is 23.8. The molecule has 4 aromatic rings. The first-order chi connectivity index (χ1) is 16.9. The highest BCUT2D eigenvalue weighted by Crippen LogP contribution is 2.31. The van der Waals surface area contributed by atoms with Crippen molar-refractivity contribution in [2.75, 3.05) is 6.61 Å². The summed E-state index contributed by atoms with van der Waals surface area (Å²) >= 11 is 0. The van der Waals surface area contributed by atoms with Crippen molar-refractivity contribution < 1.29 is 19.4 Å². The summed E-state index contributed by atoms with van der Waals surface area (Å²) in [5.41, 5.74) is 3.03. The highest BCUT2D eigenvalue weighted by atomic mass is 16.5. The number of ketones is 2. The van der Waals surface area contributed by atoms with Crippen molar-refractivity contribution >= 4 is 11.6 Å². The number of aryl methyl sites for hydroxylation is 2. The van der Waals surface area contributed by atoms with Gasteiger partial charge in [0.15, 0.2) is 5.82 Å². The Morgan fingerprint density at radius 2 is 1.29 bits per heavy atom. The van der Waals surface area contributed by atoms with Gasteiger partial charge in [-0.2, -0.15) is 0 Å². The molecule has 1 heterocycles. The van der Waals surface area contributed by atoms with Crippen molar-refractivity contribution in [1.82, 2.24) is 15.0 Å². The molecule has 4 rings (SSSR count). The fourth-order valence-electron chi connectivity index (χ4n) is 3.38. The number of rotatable bonds is 8. The molecule has 7 nitrogen and oxygen atoms in total. The molecular weight excluding hydrogens is 442 g/mol. The Hall–Kier alpha value is -4.39. The van der Waals surface area contributed by atoms with Gasteiger partial charge in [0.2, 0.25) is 23.2 Å². The van der Waals surface area contributed by atoms with Gasteiger partial charge in [-0.25, -0.2) is 15.0 Å². The van der Waals surface area contributed by atoms with Gasteiger partial charge in [0.1, 0.15) is 11.5 Å². The number of aromatic hydroxyl groups is 1. The molecule has 0 bridgehead atoms. The SMILES string of the molecule is CCCOc1ccc(-c2nc(C(=O)c3ccc(C)cc3)nc(C(=O)c3ccc(C)cc3)n2)c(O)c1. The molecule has 0 aliphatic rings. The molecule has 0 aliphatic carbocycles. The fraction of sp³-hybridized carbons (Fsp3) is 0.179. The number of ether oxygens (including phenoxy) is 1. The normalized spacial score (nSPS) is 10.7. The Morgan fingerprint density at radius 1 is 0.771 bits per heavy atom. The van der Waals surface area contributed by atoms with Crippen LogP contribution in [0.25, 0.3) is 11.4 Å². The van der Waals surface area contributed by atoms with Crippen molar-refractivity contribution in [2.24, 2.45) is 0 Å². The van der Waals surface area contributed by atoms with Crippen molar-refractivity contribution in [3.05, 3.63) is 101 Å². The molecule has 35 heavy (non-hydrogen) atoms. The van der Waals surface area contributed by atoms with Crippen LogP contribution in [0, 0.1) is 13.8 Å². The van der Waals surface area contributed by atoms with E-state index in [-0.39, 0.29) is 28.8 Å². The second-order valence-electron chi connectivity index (χ2n) is 8.22. The predicted molar refractivity (Wildman–Crippen MR) is 132 cm³/mol. The van der Waals surface area contributed by atoms with Crippen LogP contribution in [0.2, 0.25) is 0 Å².